The van der Waals surface area contributed by atoms with E-state index >= 15 is 0 Å². The molecule has 1 aromatic rings. The summed E-state index contributed by atoms with van der Waals surface area (Å²) in [5.41, 5.74) is 1.26. The van der Waals surface area contributed by atoms with Crippen molar-refractivity contribution in [2.75, 3.05) is 20.1 Å². The van der Waals surface area contributed by atoms with E-state index in [1.54, 1.807) is 0 Å². The van der Waals surface area contributed by atoms with Gasteiger partial charge >= 0.3 is 0 Å². The third kappa shape index (κ3) is 2.96. The molecule has 1 aliphatic rings. The number of likely N-dealkylation sites (N-methyl/N-ethyl adjacent to an activating group) is 1. The van der Waals surface area contributed by atoms with E-state index in [1.165, 1.54) is 24.9 Å². The lowest BCUT2D eigenvalue weighted by Crippen LogP contribution is -2.38. The molecule has 0 amide bonds. The maximum absolute atomic E-state index is 5.96. The second-order valence-corrected chi connectivity index (χ2v) is 4.46. The average molecular weight is 205 g/mol. The molecule has 0 N–H and O–H groups in total. The van der Waals surface area contributed by atoms with E-state index in [2.05, 4.69) is 37.1 Å². The highest BCUT2D eigenvalue weighted by molar-refractivity contribution is 5.27. The number of rotatable bonds is 2. The molecule has 1 fully saturated rings. The van der Waals surface area contributed by atoms with Crippen molar-refractivity contribution >= 4 is 0 Å². The summed E-state index contributed by atoms with van der Waals surface area (Å²) in [5.74, 6) is 1.01. The minimum absolute atomic E-state index is 0.366. The quantitative estimate of drug-likeness (QED) is 0.735. The van der Waals surface area contributed by atoms with E-state index in [1.807, 2.05) is 6.07 Å². The molecular formula is C13H19NO. The van der Waals surface area contributed by atoms with Crippen molar-refractivity contribution in [3.63, 3.8) is 0 Å². The second kappa shape index (κ2) is 4.67. The van der Waals surface area contributed by atoms with Gasteiger partial charge in [0.2, 0.25) is 0 Å². The van der Waals surface area contributed by atoms with E-state index in [-0.39, 0.29) is 0 Å². The molecule has 2 rings (SSSR count). The lowest BCUT2D eigenvalue weighted by molar-refractivity contribution is 0.104. The molecule has 1 saturated heterocycles. The zero-order valence-electron chi connectivity index (χ0n) is 9.57. The lowest BCUT2D eigenvalue weighted by Gasteiger charge is -2.30. The van der Waals surface area contributed by atoms with Crippen LogP contribution in [0.5, 0.6) is 5.75 Å². The molecule has 0 spiro atoms. The standard InChI is InChI=1S/C13H19NO/c1-11-5-3-6-12(9-11)15-13-7-4-8-14(2)10-13/h3,5-6,9,13H,4,7-8,10H2,1-2H3. The van der Waals surface area contributed by atoms with Gasteiger partial charge in [-0.25, -0.2) is 0 Å². The largest absolute Gasteiger partial charge is 0.489 e. The van der Waals surface area contributed by atoms with Crippen LogP contribution < -0.4 is 4.74 Å². The molecule has 0 aliphatic carbocycles. The van der Waals surface area contributed by atoms with Crippen LogP contribution in [0.3, 0.4) is 0 Å². The van der Waals surface area contributed by atoms with Gasteiger partial charge in [-0.05, 0) is 51.1 Å². The van der Waals surface area contributed by atoms with Crippen molar-refractivity contribution in [2.45, 2.75) is 25.9 Å². The Morgan fingerprint density at radius 2 is 2.27 bits per heavy atom. The molecular weight excluding hydrogens is 186 g/mol. The lowest BCUT2D eigenvalue weighted by atomic mass is 10.1. The number of nitrogens with zero attached hydrogens (tertiary/aromatic N) is 1. The van der Waals surface area contributed by atoms with Gasteiger partial charge < -0.3 is 9.64 Å². The van der Waals surface area contributed by atoms with Gasteiger partial charge in [-0.2, -0.15) is 0 Å². The van der Waals surface area contributed by atoms with Gasteiger partial charge in [0.15, 0.2) is 0 Å². The predicted octanol–water partition coefficient (Wildman–Crippen LogP) is 2.47. The normalized spacial score (nSPS) is 22.7. The Balaban J connectivity index is 1.96. The highest BCUT2D eigenvalue weighted by Gasteiger charge is 2.18. The molecule has 2 nitrogen and oxygen atoms in total. The van der Waals surface area contributed by atoms with Crippen LogP contribution in [0.25, 0.3) is 0 Å². The number of likely N-dealkylation sites (tertiary alicyclic amines) is 1. The van der Waals surface area contributed by atoms with Gasteiger partial charge in [0, 0.05) is 6.54 Å². The second-order valence-electron chi connectivity index (χ2n) is 4.46. The maximum Gasteiger partial charge on any atom is 0.120 e. The summed E-state index contributed by atoms with van der Waals surface area (Å²) >= 11 is 0. The van der Waals surface area contributed by atoms with Crippen molar-refractivity contribution in [1.29, 1.82) is 0 Å². The first kappa shape index (κ1) is 10.5. The van der Waals surface area contributed by atoms with Crippen molar-refractivity contribution in [3.8, 4) is 5.75 Å². The zero-order chi connectivity index (χ0) is 10.7. The molecule has 0 aromatic heterocycles. The summed E-state index contributed by atoms with van der Waals surface area (Å²) in [4.78, 5) is 2.34. The van der Waals surface area contributed by atoms with Crippen molar-refractivity contribution in [3.05, 3.63) is 29.8 Å². The number of hydrogen-bond donors (Lipinski definition) is 0. The molecule has 1 aliphatic heterocycles. The van der Waals surface area contributed by atoms with Crippen molar-refractivity contribution in [1.82, 2.24) is 4.90 Å². The molecule has 82 valence electrons. The molecule has 0 saturated carbocycles. The number of piperidine rings is 1. The van der Waals surface area contributed by atoms with Gasteiger partial charge in [-0.3, -0.25) is 0 Å². The van der Waals surface area contributed by atoms with Gasteiger partial charge in [0.25, 0.3) is 0 Å². The molecule has 1 heterocycles. The first-order chi connectivity index (χ1) is 7.24. The first-order valence-electron chi connectivity index (χ1n) is 5.66. The summed E-state index contributed by atoms with van der Waals surface area (Å²) in [7, 11) is 2.16. The van der Waals surface area contributed by atoms with Gasteiger partial charge in [-0.1, -0.05) is 12.1 Å². The SMILES string of the molecule is Cc1cccc(OC2CCCN(C)C2)c1. The van der Waals surface area contributed by atoms with Crippen LogP contribution in [0.2, 0.25) is 0 Å². The number of aryl methyl sites for hydroxylation is 1. The monoisotopic (exact) mass is 205 g/mol. The van der Waals surface area contributed by atoms with Gasteiger partial charge in [0.05, 0.1) is 0 Å². The Hall–Kier alpha value is -1.02. The predicted molar refractivity (Wildman–Crippen MR) is 62.3 cm³/mol. The Kier molecular flexibility index (Phi) is 3.27. The Labute approximate surface area is 91.9 Å². The Bertz CT molecular complexity index is 324. The third-order valence-electron chi connectivity index (χ3n) is 2.87. The smallest absolute Gasteiger partial charge is 0.120 e. The van der Waals surface area contributed by atoms with Crippen LogP contribution >= 0.6 is 0 Å². The fourth-order valence-electron chi connectivity index (χ4n) is 2.10. The summed E-state index contributed by atoms with van der Waals surface area (Å²) in [6.45, 7) is 4.35. The summed E-state index contributed by atoms with van der Waals surface area (Å²) in [6.07, 6.45) is 2.79. The van der Waals surface area contributed by atoms with Crippen LogP contribution in [-0.4, -0.2) is 31.1 Å². The highest BCUT2D eigenvalue weighted by Crippen LogP contribution is 2.18. The number of hydrogen-bond acceptors (Lipinski definition) is 2. The average Bonchev–Trinajstić information content (AvgIpc) is 2.17. The van der Waals surface area contributed by atoms with Crippen LogP contribution in [-0.2, 0) is 0 Å². The number of ether oxygens (including phenoxy) is 1. The molecule has 2 heteroatoms. The summed E-state index contributed by atoms with van der Waals surface area (Å²) < 4.78 is 5.96. The molecule has 1 aromatic carbocycles. The van der Waals surface area contributed by atoms with Gasteiger partial charge in [0.1, 0.15) is 11.9 Å². The van der Waals surface area contributed by atoms with E-state index < -0.39 is 0 Å². The minimum Gasteiger partial charge on any atom is -0.489 e. The van der Waals surface area contributed by atoms with Crippen molar-refractivity contribution < 1.29 is 4.74 Å². The van der Waals surface area contributed by atoms with Crippen molar-refractivity contribution in [2.24, 2.45) is 0 Å². The topological polar surface area (TPSA) is 12.5 Å². The van der Waals surface area contributed by atoms with E-state index in [0.717, 1.165) is 12.3 Å². The third-order valence-corrected chi connectivity index (χ3v) is 2.87. The van der Waals surface area contributed by atoms with E-state index in [4.69, 9.17) is 4.74 Å². The molecule has 0 radical (unpaired) electrons. The van der Waals surface area contributed by atoms with Crippen LogP contribution in [0.4, 0.5) is 0 Å². The fraction of sp³-hybridized carbons (Fsp3) is 0.538. The van der Waals surface area contributed by atoms with Crippen LogP contribution in [0, 0.1) is 6.92 Å². The van der Waals surface area contributed by atoms with E-state index in [0.29, 0.717) is 6.10 Å². The molecule has 1 unspecified atom stereocenters. The number of benzene rings is 1. The fourth-order valence-corrected chi connectivity index (χ4v) is 2.10. The molecule has 1 atom stereocenters. The Morgan fingerprint density at radius 1 is 1.40 bits per heavy atom. The highest BCUT2D eigenvalue weighted by atomic mass is 16.5. The maximum atomic E-state index is 5.96. The molecule has 0 bridgehead atoms. The van der Waals surface area contributed by atoms with Gasteiger partial charge in [-0.15, -0.1) is 0 Å². The zero-order valence-corrected chi connectivity index (χ0v) is 9.57. The first-order valence-corrected chi connectivity index (χ1v) is 5.66. The van der Waals surface area contributed by atoms with E-state index in [9.17, 15) is 0 Å². The Morgan fingerprint density at radius 3 is 3.00 bits per heavy atom. The van der Waals surface area contributed by atoms with Crippen LogP contribution in [0.1, 0.15) is 18.4 Å². The van der Waals surface area contributed by atoms with Crippen LogP contribution in [0.15, 0.2) is 24.3 Å². The minimum atomic E-state index is 0.366. The summed E-state index contributed by atoms with van der Waals surface area (Å²) in [6, 6.07) is 8.30. The molecule has 15 heavy (non-hydrogen) atoms. The summed E-state index contributed by atoms with van der Waals surface area (Å²) in [5, 5.41) is 0.